The second-order valence-corrected chi connectivity index (χ2v) is 7.26. The van der Waals surface area contributed by atoms with Gasteiger partial charge in [-0.1, -0.05) is 35.5 Å². The molecule has 3 rings (SSSR count). The Balaban J connectivity index is 1.72. The average Bonchev–Trinajstić information content (AvgIpc) is 3.02. The number of methoxy groups -OCH3 is 1. The maximum Gasteiger partial charge on any atom is 0.387 e. The van der Waals surface area contributed by atoms with E-state index < -0.39 is 6.61 Å². The molecule has 0 atom stereocenters. The number of nitrogens with zero attached hydrogens (tertiary/aromatic N) is 2. The number of alkyl halides is 2. The van der Waals surface area contributed by atoms with E-state index in [9.17, 15) is 13.6 Å². The van der Waals surface area contributed by atoms with Crippen LogP contribution in [0.4, 0.5) is 14.5 Å². The van der Waals surface area contributed by atoms with Crippen LogP contribution >= 0.6 is 23.4 Å². The Morgan fingerprint density at radius 3 is 2.86 bits per heavy atom. The molecular formula is C19H18ClF2N3O3S. The van der Waals surface area contributed by atoms with E-state index in [1.807, 2.05) is 10.6 Å². The molecule has 0 fully saturated rings. The minimum atomic E-state index is -2.98. The molecule has 10 heteroatoms. The summed E-state index contributed by atoms with van der Waals surface area (Å²) in [7, 11) is 1.61. The van der Waals surface area contributed by atoms with Gasteiger partial charge in [-0.25, -0.2) is 4.98 Å². The fraction of sp³-hybridized carbons (Fsp3) is 0.263. The molecule has 0 aliphatic carbocycles. The van der Waals surface area contributed by atoms with Gasteiger partial charge in [-0.2, -0.15) is 8.78 Å². The lowest BCUT2D eigenvalue weighted by Crippen LogP contribution is -2.16. The van der Waals surface area contributed by atoms with Gasteiger partial charge < -0.3 is 19.4 Å². The van der Waals surface area contributed by atoms with Crippen molar-refractivity contribution < 1.29 is 23.0 Å². The summed E-state index contributed by atoms with van der Waals surface area (Å²) in [5, 5.41) is 3.79. The lowest BCUT2D eigenvalue weighted by Gasteiger charge is -2.12. The number of halogens is 3. The first kappa shape index (κ1) is 21.4. The van der Waals surface area contributed by atoms with Crippen molar-refractivity contribution in [2.24, 2.45) is 0 Å². The van der Waals surface area contributed by atoms with Gasteiger partial charge in [0.1, 0.15) is 5.75 Å². The van der Waals surface area contributed by atoms with E-state index in [1.165, 1.54) is 23.9 Å². The summed E-state index contributed by atoms with van der Waals surface area (Å²) in [5.41, 5.74) is 1.77. The van der Waals surface area contributed by atoms with Crippen molar-refractivity contribution in [2.45, 2.75) is 18.3 Å². The summed E-state index contributed by atoms with van der Waals surface area (Å²) < 4.78 is 36.6. The van der Waals surface area contributed by atoms with Crippen LogP contribution in [0, 0.1) is 0 Å². The van der Waals surface area contributed by atoms with Gasteiger partial charge >= 0.3 is 6.61 Å². The first-order valence-corrected chi connectivity index (χ1v) is 9.95. The Hall–Kier alpha value is -2.36. The largest absolute Gasteiger partial charge is 0.433 e. The molecule has 1 amide bonds. The van der Waals surface area contributed by atoms with Gasteiger partial charge in [0.2, 0.25) is 5.91 Å². The van der Waals surface area contributed by atoms with E-state index in [0.717, 1.165) is 5.52 Å². The van der Waals surface area contributed by atoms with Gasteiger partial charge in [0.05, 0.1) is 29.1 Å². The second-order valence-electron chi connectivity index (χ2n) is 5.88. The minimum Gasteiger partial charge on any atom is -0.433 e. The summed E-state index contributed by atoms with van der Waals surface area (Å²) in [5.74, 6) is -0.431. The Labute approximate surface area is 175 Å². The number of hydrogen-bond donors (Lipinski definition) is 1. The van der Waals surface area contributed by atoms with Crippen molar-refractivity contribution in [3.8, 4) is 5.75 Å². The molecule has 0 spiro atoms. The van der Waals surface area contributed by atoms with Crippen LogP contribution in [-0.4, -0.2) is 41.5 Å². The molecule has 0 saturated carbocycles. The van der Waals surface area contributed by atoms with E-state index in [2.05, 4.69) is 15.0 Å². The quantitative estimate of drug-likeness (QED) is 0.489. The van der Waals surface area contributed by atoms with Gasteiger partial charge in [0, 0.05) is 18.7 Å². The van der Waals surface area contributed by atoms with Crippen LogP contribution in [0.1, 0.15) is 0 Å². The number of rotatable bonds is 9. The Morgan fingerprint density at radius 2 is 2.10 bits per heavy atom. The van der Waals surface area contributed by atoms with Gasteiger partial charge in [-0.15, -0.1) is 0 Å². The van der Waals surface area contributed by atoms with Crippen LogP contribution < -0.4 is 10.1 Å². The minimum absolute atomic E-state index is 0.0348. The summed E-state index contributed by atoms with van der Waals surface area (Å²) in [6.07, 6.45) is 0. The summed E-state index contributed by atoms with van der Waals surface area (Å²) in [6.45, 7) is -1.94. The topological polar surface area (TPSA) is 65.4 Å². The molecule has 1 N–H and O–H groups in total. The number of anilines is 1. The average molecular weight is 442 g/mol. The van der Waals surface area contributed by atoms with Crippen molar-refractivity contribution in [1.29, 1.82) is 0 Å². The fourth-order valence-corrected chi connectivity index (χ4v) is 3.68. The Kier molecular flexibility index (Phi) is 7.29. The smallest absolute Gasteiger partial charge is 0.387 e. The fourth-order valence-electron chi connectivity index (χ4n) is 2.67. The van der Waals surface area contributed by atoms with E-state index in [-0.39, 0.29) is 23.1 Å². The monoisotopic (exact) mass is 441 g/mol. The van der Waals surface area contributed by atoms with Crippen molar-refractivity contribution >= 4 is 46.0 Å². The number of benzene rings is 2. The molecule has 154 valence electrons. The second kappa shape index (κ2) is 9.91. The number of carbonyl (C=O) groups excluding carboxylic acids is 1. The maximum atomic E-state index is 12.5. The highest BCUT2D eigenvalue weighted by Gasteiger charge is 2.15. The zero-order valence-corrected chi connectivity index (χ0v) is 17.0. The lowest BCUT2D eigenvalue weighted by molar-refractivity contribution is -0.113. The number of imidazole rings is 1. The third-order valence-corrected chi connectivity index (χ3v) is 5.12. The number of carbonyl (C=O) groups is 1. The Morgan fingerprint density at radius 1 is 1.31 bits per heavy atom. The number of thioether (sulfide) groups is 1. The van der Waals surface area contributed by atoms with Crippen LogP contribution in [0.25, 0.3) is 11.0 Å². The van der Waals surface area contributed by atoms with Crippen molar-refractivity contribution in [2.75, 3.05) is 24.8 Å². The van der Waals surface area contributed by atoms with Crippen LogP contribution in [0.15, 0.2) is 47.6 Å². The van der Waals surface area contributed by atoms with Gasteiger partial charge in [-0.05, 0) is 30.3 Å². The number of aromatic nitrogens is 2. The van der Waals surface area contributed by atoms with Gasteiger partial charge in [0.25, 0.3) is 0 Å². The van der Waals surface area contributed by atoms with Crippen LogP contribution in [0.3, 0.4) is 0 Å². The van der Waals surface area contributed by atoms with E-state index in [4.69, 9.17) is 16.3 Å². The predicted octanol–water partition coefficient (Wildman–Crippen LogP) is 4.67. The zero-order valence-electron chi connectivity index (χ0n) is 15.4. The van der Waals surface area contributed by atoms with Crippen molar-refractivity contribution in [3.63, 3.8) is 0 Å². The molecule has 0 aliphatic rings. The van der Waals surface area contributed by atoms with Crippen molar-refractivity contribution in [1.82, 2.24) is 9.55 Å². The number of ether oxygens (including phenoxy) is 2. The van der Waals surface area contributed by atoms with Crippen LogP contribution in [0.2, 0.25) is 5.02 Å². The number of fused-ring (bicyclic) bond motifs is 1. The molecule has 2 aromatic carbocycles. The molecular weight excluding hydrogens is 424 g/mol. The number of para-hydroxylation sites is 2. The standard InChI is InChI=1S/C19H18ClF2N3O3S/c1-27-9-8-25-15-7-6-12(20)10-14(15)24-19(25)29-11-17(26)23-13-4-2-3-5-16(13)28-18(21)22/h2-7,10,18H,8-9,11H2,1H3,(H,23,26). The SMILES string of the molecule is COCCn1c(SCC(=O)Nc2ccccc2OC(F)F)nc2cc(Cl)ccc21. The molecule has 1 heterocycles. The molecule has 29 heavy (non-hydrogen) atoms. The molecule has 3 aromatic rings. The highest BCUT2D eigenvalue weighted by atomic mass is 35.5. The third-order valence-electron chi connectivity index (χ3n) is 3.90. The van der Waals surface area contributed by atoms with Crippen molar-refractivity contribution in [3.05, 3.63) is 47.5 Å². The van der Waals surface area contributed by atoms with E-state index in [1.54, 1.807) is 31.4 Å². The molecule has 1 aromatic heterocycles. The number of nitrogens with one attached hydrogen (secondary N) is 1. The highest BCUT2D eigenvalue weighted by Crippen LogP contribution is 2.28. The van der Waals surface area contributed by atoms with Gasteiger partial charge in [0.15, 0.2) is 5.16 Å². The van der Waals surface area contributed by atoms with Crippen LogP contribution in [0.5, 0.6) is 5.75 Å². The van der Waals surface area contributed by atoms with E-state index >= 15 is 0 Å². The first-order chi connectivity index (χ1) is 14.0. The number of hydrogen-bond acceptors (Lipinski definition) is 5. The summed E-state index contributed by atoms with van der Waals surface area (Å²) in [4.78, 5) is 16.9. The number of amides is 1. The molecule has 6 nitrogen and oxygen atoms in total. The highest BCUT2D eigenvalue weighted by molar-refractivity contribution is 7.99. The zero-order chi connectivity index (χ0) is 20.8. The molecule has 0 saturated heterocycles. The third kappa shape index (κ3) is 5.59. The van der Waals surface area contributed by atoms with E-state index in [0.29, 0.717) is 28.8 Å². The maximum absolute atomic E-state index is 12.5. The van der Waals surface area contributed by atoms with Crippen LogP contribution in [-0.2, 0) is 16.1 Å². The first-order valence-electron chi connectivity index (χ1n) is 8.59. The Bertz CT molecular complexity index is 1000. The summed E-state index contributed by atoms with van der Waals surface area (Å²) >= 11 is 7.27. The summed E-state index contributed by atoms with van der Waals surface area (Å²) in [6, 6.07) is 11.4. The lowest BCUT2D eigenvalue weighted by atomic mass is 10.3. The molecule has 0 unspecified atom stereocenters. The normalized spacial score (nSPS) is 11.2. The molecule has 0 aliphatic heterocycles. The molecule has 0 radical (unpaired) electrons. The molecule has 0 bridgehead atoms. The van der Waals surface area contributed by atoms with Gasteiger partial charge in [-0.3, -0.25) is 4.79 Å². The predicted molar refractivity (Wildman–Crippen MR) is 109 cm³/mol.